The SMILES string of the molecule is C=CC(=O)N1CC2(CC(c3cc(F)c4c(c3)Nc3nccc(N5CCOCC5)c3CO4)C2)C1. The molecule has 0 radical (unpaired) electrons. The first kappa shape index (κ1) is 20.5. The number of nitrogens with one attached hydrogen (secondary N) is 1. The van der Waals surface area contributed by atoms with Gasteiger partial charge in [-0.1, -0.05) is 6.58 Å². The van der Waals surface area contributed by atoms with Crippen molar-refractivity contribution in [2.75, 3.05) is 49.6 Å². The topological polar surface area (TPSA) is 66.9 Å². The van der Waals surface area contributed by atoms with Crippen molar-refractivity contribution in [3.05, 3.63) is 54.0 Å². The predicted molar refractivity (Wildman–Crippen MR) is 122 cm³/mol. The van der Waals surface area contributed by atoms with Crippen LogP contribution < -0.4 is 15.0 Å². The molecule has 1 saturated carbocycles. The molecule has 1 aliphatic carbocycles. The average molecular weight is 451 g/mol. The number of amides is 1. The fourth-order valence-corrected chi connectivity index (χ4v) is 5.72. The predicted octanol–water partition coefficient (Wildman–Crippen LogP) is 3.59. The van der Waals surface area contributed by atoms with Crippen molar-refractivity contribution in [3.63, 3.8) is 0 Å². The minimum atomic E-state index is -0.353. The van der Waals surface area contributed by atoms with Crippen LogP contribution in [0, 0.1) is 11.2 Å². The first-order valence-electron chi connectivity index (χ1n) is 11.5. The van der Waals surface area contributed by atoms with E-state index in [2.05, 4.69) is 21.8 Å². The van der Waals surface area contributed by atoms with Gasteiger partial charge in [-0.2, -0.15) is 0 Å². The van der Waals surface area contributed by atoms with Crippen LogP contribution in [0.25, 0.3) is 0 Å². The number of likely N-dealkylation sites (tertiary alicyclic amines) is 1. The second kappa shape index (κ2) is 7.73. The maximum atomic E-state index is 15.1. The maximum Gasteiger partial charge on any atom is 0.245 e. The average Bonchev–Trinajstić information content (AvgIpc) is 2.97. The first-order chi connectivity index (χ1) is 16.0. The summed E-state index contributed by atoms with van der Waals surface area (Å²) in [4.78, 5) is 20.4. The molecule has 1 spiro atoms. The second-order valence-corrected chi connectivity index (χ2v) is 9.55. The summed E-state index contributed by atoms with van der Waals surface area (Å²) in [5.41, 5.74) is 3.75. The van der Waals surface area contributed by atoms with E-state index in [4.69, 9.17) is 9.47 Å². The molecule has 4 heterocycles. The summed E-state index contributed by atoms with van der Waals surface area (Å²) in [6.07, 6.45) is 5.07. The van der Waals surface area contributed by atoms with Crippen molar-refractivity contribution in [2.45, 2.75) is 25.4 Å². The van der Waals surface area contributed by atoms with Crippen LogP contribution >= 0.6 is 0 Å². The number of hydrogen-bond donors (Lipinski definition) is 1. The third-order valence-electron chi connectivity index (χ3n) is 7.43. The largest absolute Gasteiger partial charge is 0.483 e. The van der Waals surface area contributed by atoms with E-state index in [9.17, 15) is 4.79 Å². The number of hydrogen-bond acceptors (Lipinski definition) is 6. The Bertz CT molecular complexity index is 1120. The minimum Gasteiger partial charge on any atom is -0.483 e. The highest BCUT2D eigenvalue weighted by Crippen LogP contribution is 2.57. The molecule has 2 saturated heterocycles. The lowest BCUT2D eigenvalue weighted by atomic mass is 9.56. The molecule has 0 atom stereocenters. The van der Waals surface area contributed by atoms with Gasteiger partial charge in [-0.3, -0.25) is 4.79 Å². The van der Waals surface area contributed by atoms with E-state index in [-0.39, 0.29) is 35.4 Å². The van der Waals surface area contributed by atoms with Gasteiger partial charge in [-0.15, -0.1) is 0 Å². The number of benzene rings is 1. The quantitative estimate of drug-likeness (QED) is 0.721. The van der Waals surface area contributed by atoms with Gasteiger partial charge in [0.05, 0.1) is 24.5 Å². The fourth-order valence-electron chi connectivity index (χ4n) is 5.72. The number of fused-ring (bicyclic) bond motifs is 2. The van der Waals surface area contributed by atoms with Crippen LogP contribution in [0.3, 0.4) is 0 Å². The molecule has 7 nitrogen and oxygen atoms in total. The second-order valence-electron chi connectivity index (χ2n) is 9.55. The number of nitrogens with zero attached hydrogens (tertiary/aromatic N) is 3. The summed E-state index contributed by atoms with van der Waals surface area (Å²) in [5.74, 6) is 0.864. The molecular weight excluding hydrogens is 423 g/mol. The van der Waals surface area contributed by atoms with Gasteiger partial charge >= 0.3 is 0 Å². The Hall–Kier alpha value is -3.13. The minimum absolute atomic E-state index is 0.0101. The zero-order valence-electron chi connectivity index (χ0n) is 18.5. The van der Waals surface area contributed by atoms with E-state index in [1.54, 1.807) is 12.3 Å². The highest BCUT2D eigenvalue weighted by Gasteiger charge is 2.53. The van der Waals surface area contributed by atoms with E-state index < -0.39 is 0 Å². The number of anilines is 3. The molecule has 3 fully saturated rings. The molecule has 172 valence electrons. The molecule has 33 heavy (non-hydrogen) atoms. The third kappa shape index (κ3) is 3.44. The molecule has 1 N–H and O–H groups in total. The Morgan fingerprint density at radius 2 is 2.06 bits per heavy atom. The van der Waals surface area contributed by atoms with Crippen LogP contribution in [0.5, 0.6) is 5.75 Å². The van der Waals surface area contributed by atoms with Gasteiger partial charge in [0.15, 0.2) is 11.6 Å². The molecule has 1 aromatic carbocycles. The Labute approximate surface area is 192 Å². The summed E-state index contributed by atoms with van der Waals surface area (Å²) >= 11 is 0. The zero-order valence-corrected chi connectivity index (χ0v) is 18.5. The molecule has 4 aliphatic rings. The van der Waals surface area contributed by atoms with Crippen molar-refractivity contribution in [3.8, 4) is 5.75 Å². The smallest absolute Gasteiger partial charge is 0.245 e. The van der Waals surface area contributed by atoms with Crippen LogP contribution in [0.4, 0.5) is 21.6 Å². The van der Waals surface area contributed by atoms with Gasteiger partial charge in [-0.05, 0) is 48.6 Å². The normalized spacial score (nSPS) is 21.0. The van der Waals surface area contributed by atoms with Gasteiger partial charge in [0.1, 0.15) is 12.4 Å². The summed E-state index contributed by atoms with van der Waals surface area (Å²) < 4.78 is 26.6. The van der Waals surface area contributed by atoms with E-state index in [1.807, 2.05) is 17.0 Å². The van der Waals surface area contributed by atoms with Crippen LogP contribution in [-0.2, 0) is 16.1 Å². The molecule has 1 amide bonds. The number of morpholine rings is 1. The summed E-state index contributed by atoms with van der Waals surface area (Å²) in [5, 5.41) is 3.35. The number of rotatable bonds is 3. The molecule has 1 aromatic heterocycles. The Kier molecular flexibility index (Phi) is 4.79. The van der Waals surface area contributed by atoms with Crippen molar-refractivity contribution in [1.82, 2.24) is 9.88 Å². The Morgan fingerprint density at radius 3 is 2.82 bits per heavy atom. The van der Waals surface area contributed by atoms with Crippen molar-refractivity contribution in [1.29, 1.82) is 0 Å². The molecule has 8 heteroatoms. The molecule has 6 rings (SSSR count). The highest BCUT2D eigenvalue weighted by molar-refractivity contribution is 5.87. The van der Waals surface area contributed by atoms with Crippen LogP contribution in [-0.4, -0.2) is 55.2 Å². The zero-order chi connectivity index (χ0) is 22.6. The first-order valence-corrected chi connectivity index (χ1v) is 11.5. The third-order valence-corrected chi connectivity index (χ3v) is 7.43. The molecule has 0 bridgehead atoms. The fraction of sp³-hybridized carbons (Fsp3) is 0.440. The summed E-state index contributed by atoms with van der Waals surface area (Å²) in [7, 11) is 0. The van der Waals surface area contributed by atoms with Gasteiger partial charge in [0.25, 0.3) is 0 Å². The lowest BCUT2D eigenvalue weighted by Crippen LogP contribution is -2.62. The number of ether oxygens (including phenoxy) is 2. The van der Waals surface area contributed by atoms with E-state index in [0.717, 1.165) is 55.8 Å². The summed E-state index contributed by atoms with van der Waals surface area (Å²) in [6, 6.07) is 5.59. The van der Waals surface area contributed by atoms with E-state index in [1.165, 1.54) is 6.08 Å². The number of carbonyl (C=O) groups is 1. The number of halogens is 1. The van der Waals surface area contributed by atoms with Crippen molar-refractivity contribution in [2.24, 2.45) is 5.41 Å². The number of aromatic nitrogens is 1. The van der Waals surface area contributed by atoms with Crippen LogP contribution in [0.15, 0.2) is 37.1 Å². The number of pyridine rings is 1. The Morgan fingerprint density at radius 1 is 1.27 bits per heavy atom. The molecular formula is C25H27FN4O3. The van der Waals surface area contributed by atoms with Gasteiger partial charge in [0, 0.05) is 43.5 Å². The van der Waals surface area contributed by atoms with Crippen LogP contribution in [0.2, 0.25) is 0 Å². The summed E-state index contributed by atoms with van der Waals surface area (Å²) in [6.45, 7) is 8.34. The highest BCUT2D eigenvalue weighted by atomic mass is 19.1. The van der Waals surface area contributed by atoms with Crippen molar-refractivity contribution < 1.29 is 18.7 Å². The van der Waals surface area contributed by atoms with E-state index in [0.29, 0.717) is 24.7 Å². The Balaban J connectivity index is 1.22. The standard InChI is InChI=1S/C25H27FN4O3/c1-2-22(31)30-14-25(15-30)11-17(12-25)16-9-19(26)23-20(10-16)28-24-18(13-33-23)21(3-4-27-24)29-5-7-32-8-6-29/h2-4,9-10,17H,1,5-8,11-15H2,(H,27,28). The van der Waals surface area contributed by atoms with Gasteiger partial charge in [-0.25, -0.2) is 9.37 Å². The lowest BCUT2D eigenvalue weighted by molar-refractivity contribution is -0.145. The molecule has 0 unspecified atom stereocenters. The van der Waals surface area contributed by atoms with Gasteiger partial charge < -0.3 is 24.6 Å². The number of carbonyl (C=O) groups excluding carboxylic acids is 1. The lowest BCUT2D eigenvalue weighted by Gasteiger charge is -2.59. The monoisotopic (exact) mass is 450 g/mol. The van der Waals surface area contributed by atoms with Crippen molar-refractivity contribution >= 4 is 23.1 Å². The molecule has 3 aliphatic heterocycles. The molecule has 2 aromatic rings. The van der Waals surface area contributed by atoms with E-state index >= 15 is 4.39 Å². The van der Waals surface area contributed by atoms with Gasteiger partial charge in [0.2, 0.25) is 5.91 Å². The van der Waals surface area contributed by atoms with Crippen LogP contribution in [0.1, 0.15) is 29.9 Å². The maximum absolute atomic E-state index is 15.1.